The second-order valence-corrected chi connectivity index (χ2v) is 4.78. The molecule has 0 saturated carbocycles. The fourth-order valence-corrected chi connectivity index (χ4v) is 2.11. The zero-order valence-electron chi connectivity index (χ0n) is 11.1. The summed E-state index contributed by atoms with van der Waals surface area (Å²) in [5.74, 6) is -0.809. The number of carbonyl (C=O) groups is 1. The number of carboxylic acid groups (broad SMARTS) is 1. The van der Waals surface area contributed by atoms with E-state index in [9.17, 15) is 4.79 Å². The molecule has 0 atom stereocenters. The van der Waals surface area contributed by atoms with Crippen LogP contribution in [0.25, 0.3) is 0 Å². The van der Waals surface area contributed by atoms with E-state index in [1.807, 2.05) is 24.3 Å². The van der Waals surface area contributed by atoms with Crippen LogP contribution in [-0.2, 0) is 13.0 Å². The van der Waals surface area contributed by atoms with Crippen molar-refractivity contribution in [3.63, 3.8) is 0 Å². The number of ether oxygens (including phenoxy) is 1. The van der Waals surface area contributed by atoms with Gasteiger partial charge in [0.2, 0.25) is 0 Å². The summed E-state index contributed by atoms with van der Waals surface area (Å²) >= 11 is 5.88. The Labute approximate surface area is 122 Å². The lowest BCUT2D eigenvalue weighted by Gasteiger charge is -2.10. The highest BCUT2D eigenvalue weighted by Gasteiger charge is 2.15. The fraction of sp³-hybridized carbons (Fsp3) is 0.188. The molecule has 0 bridgehead atoms. The van der Waals surface area contributed by atoms with E-state index in [4.69, 9.17) is 21.4 Å². The van der Waals surface area contributed by atoms with Crippen molar-refractivity contribution in [2.45, 2.75) is 20.0 Å². The van der Waals surface area contributed by atoms with Gasteiger partial charge < -0.3 is 9.84 Å². The molecule has 0 aliphatic heterocycles. The molecular weight excluding hydrogens is 276 g/mol. The molecule has 2 aromatic carbocycles. The van der Waals surface area contributed by atoms with Crippen LogP contribution in [0.2, 0.25) is 5.02 Å². The molecule has 104 valence electrons. The van der Waals surface area contributed by atoms with Crippen molar-refractivity contribution in [3.8, 4) is 5.75 Å². The Balaban J connectivity index is 2.14. The van der Waals surface area contributed by atoms with Crippen molar-refractivity contribution in [2.75, 3.05) is 0 Å². The maximum atomic E-state index is 11.2. The van der Waals surface area contributed by atoms with Gasteiger partial charge in [-0.2, -0.15) is 0 Å². The second kappa shape index (κ2) is 6.44. The van der Waals surface area contributed by atoms with Gasteiger partial charge >= 0.3 is 5.97 Å². The lowest BCUT2D eigenvalue weighted by molar-refractivity contribution is 0.0692. The number of rotatable bonds is 5. The van der Waals surface area contributed by atoms with Crippen molar-refractivity contribution in [1.82, 2.24) is 0 Å². The smallest absolute Gasteiger partial charge is 0.341 e. The molecule has 0 amide bonds. The summed E-state index contributed by atoms with van der Waals surface area (Å²) in [5, 5.41) is 9.32. The number of aromatic carboxylic acids is 1. The molecule has 0 heterocycles. The van der Waals surface area contributed by atoms with E-state index in [1.165, 1.54) is 11.6 Å². The predicted molar refractivity (Wildman–Crippen MR) is 78.6 cm³/mol. The predicted octanol–water partition coefficient (Wildman–Crippen LogP) is 4.18. The van der Waals surface area contributed by atoms with Gasteiger partial charge in [-0.05, 0) is 29.7 Å². The molecule has 2 rings (SSSR count). The summed E-state index contributed by atoms with van der Waals surface area (Å²) in [4.78, 5) is 11.2. The highest BCUT2D eigenvalue weighted by Crippen LogP contribution is 2.27. The average molecular weight is 291 g/mol. The van der Waals surface area contributed by atoms with E-state index in [-0.39, 0.29) is 16.3 Å². The van der Waals surface area contributed by atoms with Crippen LogP contribution in [-0.4, -0.2) is 11.1 Å². The largest absolute Gasteiger partial charge is 0.488 e. The Kier molecular flexibility index (Phi) is 4.64. The first kappa shape index (κ1) is 14.4. The molecule has 4 heteroatoms. The molecule has 0 aliphatic carbocycles. The Morgan fingerprint density at radius 2 is 1.80 bits per heavy atom. The quantitative estimate of drug-likeness (QED) is 0.898. The van der Waals surface area contributed by atoms with Crippen LogP contribution in [0.5, 0.6) is 5.75 Å². The molecule has 0 fully saturated rings. The van der Waals surface area contributed by atoms with Crippen LogP contribution in [0.3, 0.4) is 0 Å². The molecule has 0 saturated heterocycles. The van der Waals surface area contributed by atoms with E-state index in [2.05, 4.69) is 6.92 Å². The van der Waals surface area contributed by atoms with E-state index in [0.717, 1.165) is 12.0 Å². The summed E-state index contributed by atoms with van der Waals surface area (Å²) < 4.78 is 5.57. The molecule has 0 unspecified atom stereocenters. The lowest BCUT2D eigenvalue weighted by atomic mass is 10.1. The summed E-state index contributed by atoms with van der Waals surface area (Å²) in [6, 6.07) is 12.8. The molecule has 0 aliphatic rings. The van der Waals surface area contributed by atoms with Crippen molar-refractivity contribution >= 4 is 17.6 Å². The molecule has 3 nitrogen and oxygen atoms in total. The van der Waals surface area contributed by atoms with E-state index < -0.39 is 5.97 Å². The Hall–Kier alpha value is -2.00. The monoisotopic (exact) mass is 290 g/mol. The van der Waals surface area contributed by atoms with Crippen molar-refractivity contribution in [3.05, 3.63) is 64.2 Å². The van der Waals surface area contributed by atoms with Crippen molar-refractivity contribution in [2.24, 2.45) is 0 Å². The third-order valence-corrected chi connectivity index (χ3v) is 3.33. The zero-order valence-corrected chi connectivity index (χ0v) is 11.9. The lowest BCUT2D eigenvalue weighted by Crippen LogP contribution is -2.04. The normalized spacial score (nSPS) is 10.3. The molecule has 0 radical (unpaired) electrons. The van der Waals surface area contributed by atoms with Gasteiger partial charge in [-0.1, -0.05) is 48.9 Å². The minimum atomic E-state index is -1.09. The minimum absolute atomic E-state index is 0.000606. The van der Waals surface area contributed by atoms with Crippen molar-refractivity contribution in [1.29, 1.82) is 0 Å². The van der Waals surface area contributed by atoms with Gasteiger partial charge in [0, 0.05) is 0 Å². The highest BCUT2D eigenvalue weighted by atomic mass is 35.5. The van der Waals surface area contributed by atoms with E-state index in [1.54, 1.807) is 12.1 Å². The topological polar surface area (TPSA) is 46.5 Å². The Bertz CT molecular complexity index is 606. The molecule has 1 N–H and O–H groups in total. The second-order valence-electron chi connectivity index (χ2n) is 4.38. The van der Waals surface area contributed by atoms with Gasteiger partial charge in [0.05, 0.1) is 5.02 Å². The van der Waals surface area contributed by atoms with Gasteiger partial charge in [-0.3, -0.25) is 0 Å². The number of carboxylic acids is 1. The number of hydrogen-bond acceptors (Lipinski definition) is 2. The standard InChI is InChI=1S/C16H15ClO3/c1-2-11-6-8-12(9-7-11)10-20-14-5-3-4-13(17)15(14)16(18)19/h3-9H,2,10H2,1H3,(H,18,19). The number of halogens is 1. The number of aryl methyl sites for hydroxylation is 1. The molecule has 2 aromatic rings. The van der Waals surface area contributed by atoms with Crippen molar-refractivity contribution < 1.29 is 14.6 Å². The number of hydrogen-bond donors (Lipinski definition) is 1. The van der Waals surface area contributed by atoms with E-state index >= 15 is 0 Å². The first-order valence-corrected chi connectivity index (χ1v) is 6.72. The SMILES string of the molecule is CCc1ccc(COc2cccc(Cl)c2C(=O)O)cc1. The first-order valence-electron chi connectivity index (χ1n) is 6.34. The maximum Gasteiger partial charge on any atom is 0.341 e. The third kappa shape index (κ3) is 3.31. The van der Waals surface area contributed by atoms with Crippen LogP contribution in [0.4, 0.5) is 0 Å². The van der Waals surface area contributed by atoms with Crippen LogP contribution < -0.4 is 4.74 Å². The van der Waals surface area contributed by atoms with E-state index in [0.29, 0.717) is 6.61 Å². The molecule has 20 heavy (non-hydrogen) atoms. The van der Waals surface area contributed by atoms with Gasteiger partial charge in [-0.15, -0.1) is 0 Å². The maximum absolute atomic E-state index is 11.2. The van der Waals surface area contributed by atoms with Crippen LogP contribution in [0.15, 0.2) is 42.5 Å². The van der Waals surface area contributed by atoms with Crippen LogP contribution in [0.1, 0.15) is 28.4 Å². The average Bonchev–Trinajstić information content (AvgIpc) is 2.45. The van der Waals surface area contributed by atoms with Gasteiger partial charge in [0.1, 0.15) is 17.9 Å². The number of benzene rings is 2. The van der Waals surface area contributed by atoms with Gasteiger partial charge in [0.25, 0.3) is 0 Å². The molecular formula is C16H15ClO3. The summed E-state index contributed by atoms with van der Waals surface area (Å²) in [6.07, 6.45) is 0.985. The van der Waals surface area contributed by atoms with Gasteiger partial charge in [-0.25, -0.2) is 4.79 Å². The Morgan fingerprint density at radius 3 is 2.40 bits per heavy atom. The molecule has 0 spiro atoms. The molecule has 0 aromatic heterocycles. The van der Waals surface area contributed by atoms with Crippen LogP contribution >= 0.6 is 11.6 Å². The third-order valence-electron chi connectivity index (χ3n) is 3.01. The fourth-order valence-electron chi connectivity index (χ4n) is 1.86. The Morgan fingerprint density at radius 1 is 1.15 bits per heavy atom. The zero-order chi connectivity index (χ0) is 14.5. The highest BCUT2D eigenvalue weighted by molar-refractivity contribution is 6.33. The summed E-state index contributed by atoms with van der Waals surface area (Å²) in [6.45, 7) is 2.40. The first-order chi connectivity index (χ1) is 9.61. The summed E-state index contributed by atoms with van der Waals surface area (Å²) in [7, 11) is 0. The van der Waals surface area contributed by atoms with Crippen LogP contribution in [0, 0.1) is 0 Å². The van der Waals surface area contributed by atoms with Gasteiger partial charge in [0.15, 0.2) is 0 Å². The summed E-state index contributed by atoms with van der Waals surface area (Å²) in [5.41, 5.74) is 2.24. The minimum Gasteiger partial charge on any atom is -0.488 e.